The summed E-state index contributed by atoms with van der Waals surface area (Å²) in [5.41, 5.74) is 7.34. The molecule has 1 aliphatic heterocycles. The van der Waals surface area contributed by atoms with E-state index < -0.39 is 0 Å². The number of H-pyrrole nitrogens is 1. The summed E-state index contributed by atoms with van der Waals surface area (Å²) in [6, 6.07) is 7.77. The van der Waals surface area contributed by atoms with Crippen molar-refractivity contribution in [3.63, 3.8) is 0 Å². The van der Waals surface area contributed by atoms with E-state index in [2.05, 4.69) is 10.2 Å². The predicted molar refractivity (Wildman–Crippen MR) is 98.5 cm³/mol. The monoisotopic (exact) mass is 355 g/mol. The molecule has 7 nitrogen and oxygen atoms in total. The summed E-state index contributed by atoms with van der Waals surface area (Å²) in [6.07, 6.45) is 3.77. The average molecular weight is 355 g/mol. The van der Waals surface area contributed by atoms with Crippen molar-refractivity contribution in [3.8, 4) is 0 Å². The lowest BCUT2D eigenvalue weighted by atomic mass is 9.85. The lowest BCUT2D eigenvalue weighted by molar-refractivity contribution is -0.138. The number of aromatic nitrogens is 2. The molecule has 7 heteroatoms. The number of nitrogens with zero attached hydrogens (tertiary/aromatic N) is 3. The molecule has 1 aromatic carbocycles. The second-order valence-corrected chi connectivity index (χ2v) is 7.36. The highest BCUT2D eigenvalue weighted by molar-refractivity contribution is 6.04. The van der Waals surface area contributed by atoms with E-state index in [1.807, 2.05) is 29.2 Å². The first-order valence-corrected chi connectivity index (χ1v) is 9.40. The number of carbonyl (C=O) groups is 2. The average Bonchev–Trinajstić information content (AvgIpc) is 3.11. The van der Waals surface area contributed by atoms with Crippen molar-refractivity contribution in [1.29, 1.82) is 0 Å². The topological polar surface area (TPSA) is 95.3 Å². The minimum atomic E-state index is -0.0748. The Hall–Kier alpha value is -2.41. The van der Waals surface area contributed by atoms with Crippen LogP contribution >= 0.6 is 0 Å². The molecule has 2 amide bonds. The molecule has 1 aromatic heterocycles. The Labute approximate surface area is 152 Å². The predicted octanol–water partition coefficient (Wildman–Crippen LogP) is 1.36. The molecule has 2 aliphatic rings. The van der Waals surface area contributed by atoms with E-state index in [4.69, 9.17) is 5.73 Å². The van der Waals surface area contributed by atoms with Crippen LogP contribution < -0.4 is 5.73 Å². The number of hydrogen-bond donors (Lipinski definition) is 2. The molecule has 3 N–H and O–H groups in total. The molecule has 0 radical (unpaired) electrons. The van der Waals surface area contributed by atoms with E-state index in [0.29, 0.717) is 31.9 Å². The van der Waals surface area contributed by atoms with Gasteiger partial charge >= 0.3 is 0 Å². The third-order valence-electron chi connectivity index (χ3n) is 5.62. The van der Waals surface area contributed by atoms with Gasteiger partial charge in [0.2, 0.25) is 5.91 Å². The van der Waals surface area contributed by atoms with Gasteiger partial charge in [-0.2, -0.15) is 5.10 Å². The van der Waals surface area contributed by atoms with Crippen LogP contribution in [0.25, 0.3) is 10.9 Å². The lowest BCUT2D eigenvalue weighted by Gasteiger charge is -2.37. The van der Waals surface area contributed by atoms with Crippen LogP contribution in [0.1, 0.15) is 36.2 Å². The molecule has 0 spiro atoms. The number of aromatic amines is 1. The Morgan fingerprint density at radius 2 is 1.81 bits per heavy atom. The first kappa shape index (κ1) is 17.0. The van der Waals surface area contributed by atoms with Crippen LogP contribution in [0.2, 0.25) is 0 Å². The van der Waals surface area contributed by atoms with Gasteiger partial charge in [0.15, 0.2) is 5.69 Å². The molecule has 1 saturated carbocycles. The molecule has 2 aromatic rings. The molecule has 2 unspecified atom stereocenters. The zero-order valence-corrected chi connectivity index (χ0v) is 14.9. The number of para-hydroxylation sites is 1. The smallest absolute Gasteiger partial charge is 0.275 e. The van der Waals surface area contributed by atoms with Crippen LogP contribution in [0, 0.1) is 5.92 Å². The van der Waals surface area contributed by atoms with Gasteiger partial charge in [-0.3, -0.25) is 14.7 Å². The van der Waals surface area contributed by atoms with Crippen molar-refractivity contribution in [2.75, 3.05) is 26.2 Å². The summed E-state index contributed by atoms with van der Waals surface area (Å²) < 4.78 is 0. The van der Waals surface area contributed by atoms with Crippen LogP contribution in [-0.4, -0.2) is 64.0 Å². The molecule has 2 fully saturated rings. The summed E-state index contributed by atoms with van der Waals surface area (Å²) in [5, 5.41) is 7.94. The van der Waals surface area contributed by atoms with Crippen molar-refractivity contribution in [1.82, 2.24) is 20.0 Å². The van der Waals surface area contributed by atoms with Crippen LogP contribution in [0.5, 0.6) is 0 Å². The number of nitrogens with two attached hydrogens (primary N) is 1. The SMILES string of the molecule is NC1CCCC(C(=O)N2CCN(C(=O)c3n[nH]c4ccccc34)CC2)C1. The molecule has 2 heterocycles. The second-order valence-electron chi connectivity index (χ2n) is 7.36. The number of fused-ring (bicyclic) bond motifs is 1. The first-order chi connectivity index (χ1) is 12.6. The van der Waals surface area contributed by atoms with Gasteiger partial charge in [0.1, 0.15) is 0 Å². The van der Waals surface area contributed by atoms with Gasteiger partial charge < -0.3 is 15.5 Å². The molecule has 1 saturated heterocycles. The summed E-state index contributed by atoms with van der Waals surface area (Å²) in [6.45, 7) is 2.26. The minimum absolute atomic E-state index is 0.0521. The number of carbonyl (C=O) groups excluding carboxylic acids is 2. The van der Waals surface area contributed by atoms with Crippen molar-refractivity contribution < 1.29 is 9.59 Å². The Morgan fingerprint density at radius 3 is 2.58 bits per heavy atom. The fraction of sp³-hybridized carbons (Fsp3) is 0.526. The highest BCUT2D eigenvalue weighted by atomic mass is 16.2. The summed E-state index contributed by atoms with van der Waals surface area (Å²) in [5.74, 6) is 0.183. The van der Waals surface area contributed by atoms with Gasteiger partial charge in [-0.15, -0.1) is 0 Å². The molecular weight excluding hydrogens is 330 g/mol. The number of piperazine rings is 1. The molecule has 0 bridgehead atoms. The Morgan fingerprint density at radius 1 is 1.08 bits per heavy atom. The Kier molecular flexibility index (Phi) is 4.63. The van der Waals surface area contributed by atoms with E-state index in [0.717, 1.165) is 36.6 Å². The van der Waals surface area contributed by atoms with E-state index in [1.165, 1.54) is 0 Å². The third-order valence-corrected chi connectivity index (χ3v) is 5.62. The van der Waals surface area contributed by atoms with Crippen molar-refractivity contribution >= 4 is 22.7 Å². The first-order valence-electron chi connectivity index (χ1n) is 9.40. The fourth-order valence-electron chi connectivity index (χ4n) is 4.12. The number of rotatable bonds is 2. The zero-order valence-electron chi connectivity index (χ0n) is 14.9. The standard InChI is InChI=1S/C19H25N5O2/c20-14-5-3-4-13(12-14)18(25)23-8-10-24(11-9-23)19(26)17-15-6-1-2-7-16(15)21-22-17/h1-2,6-7,13-14H,3-5,8-12,20H2,(H,21,22). The molecule has 2 atom stereocenters. The van der Waals surface area contributed by atoms with Gasteiger partial charge in [-0.25, -0.2) is 0 Å². The quantitative estimate of drug-likeness (QED) is 0.850. The number of hydrogen-bond acceptors (Lipinski definition) is 4. The van der Waals surface area contributed by atoms with Crippen LogP contribution in [0.15, 0.2) is 24.3 Å². The lowest BCUT2D eigenvalue weighted by Crippen LogP contribution is -2.52. The Balaban J connectivity index is 1.39. The third kappa shape index (κ3) is 3.19. The van der Waals surface area contributed by atoms with Crippen LogP contribution in [-0.2, 0) is 4.79 Å². The van der Waals surface area contributed by atoms with E-state index in [1.54, 1.807) is 4.90 Å². The maximum absolute atomic E-state index is 12.8. The van der Waals surface area contributed by atoms with Gasteiger partial charge in [-0.1, -0.05) is 24.6 Å². The van der Waals surface area contributed by atoms with Gasteiger partial charge in [0, 0.05) is 43.5 Å². The van der Waals surface area contributed by atoms with Crippen molar-refractivity contribution in [3.05, 3.63) is 30.0 Å². The molecule has 26 heavy (non-hydrogen) atoms. The van der Waals surface area contributed by atoms with Gasteiger partial charge in [0.05, 0.1) is 5.52 Å². The highest BCUT2D eigenvalue weighted by Gasteiger charge is 2.32. The van der Waals surface area contributed by atoms with Crippen molar-refractivity contribution in [2.45, 2.75) is 31.7 Å². The van der Waals surface area contributed by atoms with E-state index in [9.17, 15) is 9.59 Å². The normalized spacial score (nSPS) is 24.0. The second kappa shape index (κ2) is 7.07. The van der Waals surface area contributed by atoms with E-state index in [-0.39, 0.29) is 23.8 Å². The summed E-state index contributed by atoms with van der Waals surface area (Å²) in [4.78, 5) is 29.2. The molecular formula is C19H25N5O2. The minimum Gasteiger partial charge on any atom is -0.339 e. The zero-order chi connectivity index (χ0) is 18.1. The molecule has 138 valence electrons. The number of benzene rings is 1. The summed E-state index contributed by atoms with van der Waals surface area (Å²) >= 11 is 0. The molecule has 4 rings (SSSR count). The van der Waals surface area contributed by atoms with Gasteiger partial charge in [-0.05, 0) is 25.3 Å². The highest BCUT2D eigenvalue weighted by Crippen LogP contribution is 2.25. The number of nitrogens with one attached hydrogen (secondary N) is 1. The maximum Gasteiger partial charge on any atom is 0.275 e. The van der Waals surface area contributed by atoms with E-state index >= 15 is 0 Å². The molecule has 1 aliphatic carbocycles. The largest absolute Gasteiger partial charge is 0.339 e. The van der Waals surface area contributed by atoms with Gasteiger partial charge in [0.25, 0.3) is 5.91 Å². The van der Waals surface area contributed by atoms with Crippen molar-refractivity contribution in [2.24, 2.45) is 11.7 Å². The summed E-state index contributed by atoms with van der Waals surface area (Å²) in [7, 11) is 0. The Bertz CT molecular complexity index is 809. The number of amides is 2. The van der Waals surface area contributed by atoms with Crippen LogP contribution in [0.4, 0.5) is 0 Å². The van der Waals surface area contributed by atoms with Crippen LogP contribution in [0.3, 0.4) is 0 Å². The maximum atomic E-state index is 12.8. The fourth-order valence-corrected chi connectivity index (χ4v) is 4.12.